The second kappa shape index (κ2) is 3.73. The number of esters is 4. The lowest BCUT2D eigenvalue weighted by Crippen LogP contribution is -2.26. The zero-order valence-electron chi connectivity index (χ0n) is 6.84. The van der Waals surface area contributed by atoms with Gasteiger partial charge in [-0.05, 0) is 0 Å². The van der Waals surface area contributed by atoms with Gasteiger partial charge in [-0.1, -0.05) is 0 Å². The minimum absolute atomic E-state index is 0.955. The van der Waals surface area contributed by atoms with E-state index < -0.39 is 30.4 Å². The third-order valence-electron chi connectivity index (χ3n) is 1.13. The van der Waals surface area contributed by atoms with Crippen LogP contribution in [0.4, 0.5) is 0 Å². The summed E-state index contributed by atoms with van der Waals surface area (Å²) >= 11 is 0. The molecule has 1 saturated heterocycles. The molecule has 0 aromatic carbocycles. The molecule has 8 heteroatoms. The Morgan fingerprint density at radius 1 is 1.14 bits per heavy atom. The second-order valence-corrected chi connectivity index (χ2v) is 2.00. The number of hydrogen-bond acceptors (Lipinski definition) is 8. The van der Waals surface area contributed by atoms with Crippen LogP contribution in [0.15, 0.2) is 0 Å². The zero-order valence-corrected chi connectivity index (χ0v) is 6.84. The summed E-state index contributed by atoms with van der Waals surface area (Å²) in [5, 5.41) is 0. The third kappa shape index (κ3) is 1.97. The van der Waals surface area contributed by atoms with Crippen LogP contribution in [0.2, 0.25) is 0 Å². The fourth-order valence-electron chi connectivity index (χ4n) is 0.562. The van der Waals surface area contributed by atoms with Crippen LogP contribution in [0.25, 0.3) is 0 Å². The first kappa shape index (κ1) is 9.96. The van der Waals surface area contributed by atoms with Gasteiger partial charge in [-0.2, -0.15) is 0 Å². The van der Waals surface area contributed by atoms with Crippen LogP contribution in [0.1, 0.15) is 0 Å². The molecule has 1 fully saturated rings. The summed E-state index contributed by atoms with van der Waals surface area (Å²) in [6, 6.07) is 0. The van der Waals surface area contributed by atoms with E-state index in [4.69, 9.17) is 0 Å². The number of hydrogen-bond donors (Lipinski definition) is 0. The van der Waals surface area contributed by atoms with Gasteiger partial charge >= 0.3 is 30.4 Å². The number of cyclic esters (lactones) is 2. The smallest absolute Gasteiger partial charge is 0.423 e. The van der Waals surface area contributed by atoms with Crippen molar-refractivity contribution in [1.82, 2.24) is 0 Å². The molecule has 0 aromatic rings. The monoisotopic (exact) mass is 204 g/mol. The van der Waals surface area contributed by atoms with Gasteiger partial charge in [0.05, 0.1) is 7.11 Å². The Morgan fingerprint density at radius 2 is 1.64 bits per heavy atom. The lowest BCUT2D eigenvalue weighted by Gasteiger charge is -2.06. The molecular formula is C6H4O8. The van der Waals surface area contributed by atoms with Crippen LogP contribution in [-0.2, 0) is 38.1 Å². The standard InChI is InChI=1S/C6H4O8/c1-11-2(7)3(8)12-6-13-4(9)5(10)14-6/h6H,1H3. The molecule has 0 atom stereocenters. The van der Waals surface area contributed by atoms with Gasteiger partial charge in [0.15, 0.2) is 0 Å². The first-order valence-electron chi connectivity index (χ1n) is 3.25. The van der Waals surface area contributed by atoms with E-state index in [1.165, 1.54) is 0 Å². The van der Waals surface area contributed by atoms with E-state index in [9.17, 15) is 19.2 Å². The summed E-state index contributed by atoms with van der Waals surface area (Å²) in [5.74, 6) is -5.33. The lowest BCUT2D eigenvalue weighted by atomic mass is 10.7. The largest absolute Gasteiger partial charge is 0.461 e. The number of methoxy groups -OCH3 is 1. The molecule has 8 nitrogen and oxygen atoms in total. The maximum atomic E-state index is 10.7. The number of ether oxygens (including phenoxy) is 4. The molecule has 0 saturated carbocycles. The summed E-state index contributed by atoms with van der Waals surface area (Å²) in [7, 11) is 0.955. The maximum absolute atomic E-state index is 10.7. The van der Waals surface area contributed by atoms with Crippen molar-refractivity contribution in [2.24, 2.45) is 0 Å². The lowest BCUT2D eigenvalue weighted by molar-refractivity contribution is -0.227. The van der Waals surface area contributed by atoms with E-state index in [1.807, 2.05) is 0 Å². The summed E-state index contributed by atoms with van der Waals surface area (Å²) in [6.45, 7) is -1.82. The fourth-order valence-corrected chi connectivity index (χ4v) is 0.562. The van der Waals surface area contributed by atoms with Gasteiger partial charge in [-0.15, -0.1) is 0 Å². The molecule has 1 aliphatic rings. The Bertz CT molecular complexity index is 289. The normalized spacial score (nSPS) is 15.8. The van der Waals surface area contributed by atoms with Crippen LogP contribution in [0.3, 0.4) is 0 Å². The molecule has 0 N–H and O–H groups in total. The van der Waals surface area contributed by atoms with Crippen molar-refractivity contribution in [3.05, 3.63) is 0 Å². The van der Waals surface area contributed by atoms with E-state index in [-0.39, 0.29) is 0 Å². The average Bonchev–Trinajstić information content (AvgIpc) is 2.44. The minimum atomic E-state index is -1.82. The predicted molar refractivity (Wildman–Crippen MR) is 34.1 cm³/mol. The van der Waals surface area contributed by atoms with Crippen molar-refractivity contribution in [2.45, 2.75) is 6.48 Å². The molecule has 0 aromatic heterocycles. The maximum Gasteiger partial charge on any atom is 0.423 e. The first-order valence-corrected chi connectivity index (χ1v) is 3.25. The average molecular weight is 204 g/mol. The fraction of sp³-hybridized carbons (Fsp3) is 0.333. The third-order valence-corrected chi connectivity index (χ3v) is 1.13. The summed E-state index contributed by atoms with van der Waals surface area (Å²) in [4.78, 5) is 42.0. The minimum Gasteiger partial charge on any atom is -0.461 e. The second-order valence-electron chi connectivity index (χ2n) is 2.00. The van der Waals surface area contributed by atoms with Crippen LogP contribution in [0, 0.1) is 0 Å². The molecule has 0 amide bonds. The highest BCUT2D eigenvalue weighted by atomic mass is 16.9. The van der Waals surface area contributed by atoms with Crippen molar-refractivity contribution < 1.29 is 38.1 Å². The summed E-state index contributed by atoms with van der Waals surface area (Å²) < 4.78 is 16.2. The zero-order chi connectivity index (χ0) is 10.7. The van der Waals surface area contributed by atoms with Crippen molar-refractivity contribution in [3.8, 4) is 0 Å². The van der Waals surface area contributed by atoms with E-state index >= 15 is 0 Å². The molecule has 1 aliphatic heterocycles. The van der Waals surface area contributed by atoms with Crippen LogP contribution in [0.5, 0.6) is 0 Å². The SMILES string of the molecule is COC(=O)C(=O)OC1OC(=O)C(=O)O1. The Balaban J connectivity index is 2.47. The quantitative estimate of drug-likeness (QED) is 0.359. The number of carbonyl (C=O) groups is 4. The molecule has 0 radical (unpaired) electrons. The molecule has 1 heterocycles. The van der Waals surface area contributed by atoms with Crippen molar-refractivity contribution >= 4 is 23.9 Å². The van der Waals surface area contributed by atoms with Gasteiger partial charge in [-0.25, -0.2) is 19.2 Å². The van der Waals surface area contributed by atoms with Crippen LogP contribution >= 0.6 is 0 Å². The Hall–Kier alpha value is -2.12. The van der Waals surface area contributed by atoms with E-state index in [1.54, 1.807) is 0 Å². The van der Waals surface area contributed by atoms with E-state index in [0.29, 0.717) is 0 Å². The summed E-state index contributed by atoms with van der Waals surface area (Å²) in [6.07, 6.45) is 0. The Morgan fingerprint density at radius 3 is 2.07 bits per heavy atom. The van der Waals surface area contributed by atoms with E-state index in [2.05, 4.69) is 18.9 Å². The van der Waals surface area contributed by atoms with Gasteiger partial charge in [0.2, 0.25) is 0 Å². The first-order chi connectivity index (χ1) is 6.54. The highest BCUT2D eigenvalue weighted by molar-refractivity contribution is 6.31. The van der Waals surface area contributed by atoms with Gasteiger partial charge in [0.25, 0.3) is 0 Å². The predicted octanol–water partition coefficient (Wildman–Crippen LogP) is -1.91. The Kier molecular flexibility index (Phi) is 2.65. The van der Waals surface area contributed by atoms with E-state index in [0.717, 1.165) is 7.11 Å². The van der Waals surface area contributed by atoms with Gasteiger partial charge in [0, 0.05) is 0 Å². The van der Waals surface area contributed by atoms with Gasteiger partial charge < -0.3 is 18.9 Å². The van der Waals surface area contributed by atoms with Gasteiger partial charge in [0.1, 0.15) is 0 Å². The number of carbonyl (C=O) groups excluding carboxylic acids is 4. The molecule has 76 valence electrons. The van der Waals surface area contributed by atoms with Crippen LogP contribution in [-0.4, -0.2) is 37.5 Å². The molecule has 14 heavy (non-hydrogen) atoms. The molecule has 0 bridgehead atoms. The molecular weight excluding hydrogens is 200 g/mol. The van der Waals surface area contributed by atoms with Gasteiger partial charge in [-0.3, -0.25) is 0 Å². The highest BCUT2D eigenvalue weighted by Crippen LogP contribution is 2.08. The van der Waals surface area contributed by atoms with Crippen molar-refractivity contribution in [2.75, 3.05) is 7.11 Å². The van der Waals surface area contributed by atoms with Crippen molar-refractivity contribution in [3.63, 3.8) is 0 Å². The molecule has 0 aliphatic carbocycles. The molecule has 0 unspecified atom stereocenters. The topological polar surface area (TPSA) is 105 Å². The number of rotatable bonds is 1. The summed E-state index contributed by atoms with van der Waals surface area (Å²) in [5.41, 5.74) is 0. The Labute approximate surface area is 76.7 Å². The van der Waals surface area contributed by atoms with Crippen LogP contribution < -0.4 is 0 Å². The molecule has 0 spiro atoms. The van der Waals surface area contributed by atoms with Crippen molar-refractivity contribution in [1.29, 1.82) is 0 Å². The molecule has 1 rings (SSSR count). The highest BCUT2D eigenvalue weighted by Gasteiger charge is 2.38.